The van der Waals surface area contributed by atoms with E-state index in [9.17, 15) is 10.2 Å². The zero-order valence-electron chi connectivity index (χ0n) is 14.3. The molecule has 0 bridgehead atoms. The first-order valence-electron chi connectivity index (χ1n) is 8.48. The smallest absolute Gasteiger partial charge is 0.115 e. The molecule has 2 aliphatic rings. The second-order valence-corrected chi connectivity index (χ2v) is 6.74. The van der Waals surface area contributed by atoms with Crippen molar-refractivity contribution >= 4 is 11.1 Å². The Labute approximate surface area is 147 Å². The number of benzene rings is 2. The van der Waals surface area contributed by atoms with Crippen LogP contribution in [0.25, 0.3) is 11.1 Å². The van der Waals surface area contributed by atoms with Crippen LogP contribution in [0.15, 0.2) is 83.7 Å². The van der Waals surface area contributed by atoms with Crippen molar-refractivity contribution in [3.8, 4) is 5.75 Å². The standard InChI is InChI=1S/C23H20O2/c1-14-3-5-17(6-4-14)23-21(16-7-9-18(24)10-8-16)13-20-15(2)11-19(25)12-22(20)23/h3-13,15,24-25H,1-2H3. The molecular weight excluding hydrogens is 308 g/mol. The second kappa shape index (κ2) is 5.82. The number of phenolic OH excluding ortho intramolecular Hbond substituents is 1. The van der Waals surface area contributed by atoms with Gasteiger partial charge in [0.2, 0.25) is 0 Å². The molecule has 0 fully saturated rings. The summed E-state index contributed by atoms with van der Waals surface area (Å²) in [6.45, 7) is 4.18. The molecule has 2 nitrogen and oxygen atoms in total. The third kappa shape index (κ3) is 2.70. The maximum Gasteiger partial charge on any atom is 0.115 e. The van der Waals surface area contributed by atoms with Crippen LogP contribution in [0.3, 0.4) is 0 Å². The van der Waals surface area contributed by atoms with Gasteiger partial charge in [0, 0.05) is 5.92 Å². The Morgan fingerprint density at radius 2 is 1.44 bits per heavy atom. The fourth-order valence-electron chi connectivity index (χ4n) is 3.57. The van der Waals surface area contributed by atoms with Gasteiger partial charge in [-0.3, -0.25) is 0 Å². The molecule has 1 atom stereocenters. The summed E-state index contributed by atoms with van der Waals surface area (Å²) in [7, 11) is 0. The molecule has 0 aromatic heterocycles. The van der Waals surface area contributed by atoms with E-state index in [0.29, 0.717) is 5.76 Å². The lowest BCUT2D eigenvalue weighted by Gasteiger charge is -2.19. The third-order valence-corrected chi connectivity index (χ3v) is 4.87. The minimum absolute atomic E-state index is 0.162. The first-order valence-corrected chi connectivity index (χ1v) is 8.48. The summed E-state index contributed by atoms with van der Waals surface area (Å²) >= 11 is 0. The van der Waals surface area contributed by atoms with E-state index in [-0.39, 0.29) is 11.7 Å². The third-order valence-electron chi connectivity index (χ3n) is 4.87. The average molecular weight is 328 g/mol. The molecule has 1 unspecified atom stereocenters. The Balaban J connectivity index is 1.95. The number of aromatic hydroxyl groups is 1. The maximum atomic E-state index is 10.1. The number of aliphatic hydroxyl groups excluding tert-OH is 1. The van der Waals surface area contributed by atoms with Crippen LogP contribution in [-0.2, 0) is 0 Å². The van der Waals surface area contributed by atoms with Crippen molar-refractivity contribution in [2.75, 3.05) is 0 Å². The van der Waals surface area contributed by atoms with Crippen LogP contribution in [0.4, 0.5) is 0 Å². The summed E-state index contributed by atoms with van der Waals surface area (Å²) in [6.07, 6.45) is 5.94. The Kier molecular flexibility index (Phi) is 3.61. The van der Waals surface area contributed by atoms with E-state index >= 15 is 0 Å². The van der Waals surface area contributed by atoms with Gasteiger partial charge in [-0.05, 0) is 70.7 Å². The van der Waals surface area contributed by atoms with E-state index in [1.54, 1.807) is 12.1 Å². The van der Waals surface area contributed by atoms with E-state index in [4.69, 9.17) is 0 Å². The van der Waals surface area contributed by atoms with Crippen LogP contribution < -0.4 is 0 Å². The van der Waals surface area contributed by atoms with Gasteiger partial charge in [-0.2, -0.15) is 0 Å². The zero-order chi connectivity index (χ0) is 17.6. The second-order valence-electron chi connectivity index (χ2n) is 6.74. The summed E-state index contributed by atoms with van der Waals surface area (Å²) in [5.74, 6) is 0.738. The number of allylic oxidation sites excluding steroid dienone is 7. The van der Waals surface area contributed by atoms with Crippen molar-refractivity contribution in [1.82, 2.24) is 0 Å². The van der Waals surface area contributed by atoms with Gasteiger partial charge >= 0.3 is 0 Å². The van der Waals surface area contributed by atoms with Crippen LogP contribution >= 0.6 is 0 Å². The fourth-order valence-corrected chi connectivity index (χ4v) is 3.57. The van der Waals surface area contributed by atoms with Gasteiger partial charge in [-0.25, -0.2) is 0 Å². The van der Waals surface area contributed by atoms with Gasteiger partial charge in [0.15, 0.2) is 0 Å². The summed E-state index contributed by atoms with van der Waals surface area (Å²) in [5.41, 5.74) is 7.97. The van der Waals surface area contributed by atoms with Crippen molar-refractivity contribution in [2.45, 2.75) is 13.8 Å². The first-order chi connectivity index (χ1) is 12.0. The highest BCUT2D eigenvalue weighted by molar-refractivity contribution is 6.09. The fraction of sp³-hybridized carbons (Fsp3) is 0.130. The average Bonchev–Trinajstić information content (AvgIpc) is 2.96. The molecule has 124 valence electrons. The van der Waals surface area contributed by atoms with Crippen LogP contribution in [0, 0.1) is 12.8 Å². The van der Waals surface area contributed by atoms with Crippen molar-refractivity contribution in [2.24, 2.45) is 5.92 Å². The molecule has 0 heterocycles. The lowest BCUT2D eigenvalue weighted by atomic mass is 9.85. The van der Waals surface area contributed by atoms with Gasteiger partial charge in [0.25, 0.3) is 0 Å². The van der Waals surface area contributed by atoms with Crippen LogP contribution in [0.2, 0.25) is 0 Å². The Bertz CT molecular complexity index is 952. The topological polar surface area (TPSA) is 40.5 Å². The summed E-state index contributed by atoms with van der Waals surface area (Å²) in [5, 5.41) is 19.7. The molecule has 2 aromatic rings. The Hall–Kier alpha value is -3.00. The predicted octanol–water partition coefficient (Wildman–Crippen LogP) is 5.57. The molecule has 2 aromatic carbocycles. The molecule has 0 spiro atoms. The van der Waals surface area contributed by atoms with E-state index in [1.165, 1.54) is 11.1 Å². The molecule has 0 saturated carbocycles. The number of phenols is 1. The molecule has 0 aliphatic heterocycles. The molecule has 2 N–H and O–H groups in total. The van der Waals surface area contributed by atoms with Crippen molar-refractivity contribution in [3.05, 3.63) is 100 Å². The minimum Gasteiger partial charge on any atom is -0.508 e. The van der Waals surface area contributed by atoms with E-state index in [2.05, 4.69) is 44.2 Å². The molecule has 0 amide bonds. The number of aryl methyl sites for hydroxylation is 1. The number of hydrogen-bond acceptors (Lipinski definition) is 2. The monoisotopic (exact) mass is 328 g/mol. The number of rotatable bonds is 2. The summed E-state index contributed by atoms with van der Waals surface area (Å²) < 4.78 is 0. The zero-order valence-corrected chi connectivity index (χ0v) is 14.3. The van der Waals surface area contributed by atoms with E-state index < -0.39 is 0 Å². The van der Waals surface area contributed by atoms with Gasteiger partial charge in [0.1, 0.15) is 11.5 Å². The van der Waals surface area contributed by atoms with Crippen LogP contribution in [0.5, 0.6) is 5.75 Å². The highest BCUT2D eigenvalue weighted by Crippen LogP contribution is 2.47. The molecular formula is C23H20O2. The molecule has 0 radical (unpaired) electrons. The molecule has 0 saturated heterocycles. The number of aliphatic hydroxyl groups is 1. The lowest BCUT2D eigenvalue weighted by molar-refractivity contribution is 0.424. The van der Waals surface area contributed by atoms with Gasteiger partial charge < -0.3 is 10.2 Å². The maximum absolute atomic E-state index is 10.1. The Morgan fingerprint density at radius 1 is 0.800 bits per heavy atom. The molecule has 25 heavy (non-hydrogen) atoms. The minimum atomic E-state index is 0.162. The van der Waals surface area contributed by atoms with Crippen molar-refractivity contribution in [3.63, 3.8) is 0 Å². The van der Waals surface area contributed by atoms with Crippen molar-refractivity contribution < 1.29 is 10.2 Å². The van der Waals surface area contributed by atoms with Crippen LogP contribution in [-0.4, -0.2) is 10.2 Å². The first kappa shape index (κ1) is 15.5. The van der Waals surface area contributed by atoms with Gasteiger partial charge in [-0.1, -0.05) is 48.9 Å². The van der Waals surface area contributed by atoms with Gasteiger partial charge in [0.05, 0.1) is 0 Å². The van der Waals surface area contributed by atoms with Crippen molar-refractivity contribution in [1.29, 1.82) is 0 Å². The van der Waals surface area contributed by atoms with Crippen LogP contribution in [0.1, 0.15) is 23.6 Å². The summed E-state index contributed by atoms with van der Waals surface area (Å²) in [4.78, 5) is 0. The SMILES string of the molecule is Cc1ccc(C2=C(c3ccc(O)cc3)C=C3C2=CC(O)=CC3C)cc1. The summed E-state index contributed by atoms with van der Waals surface area (Å²) in [6, 6.07) is 15.8. The molecule has 2 heteroatoms. The normalized spacial score (nSPS) is 19.3. The largest absolute Gasteiger partial charge is 0.508 e. The number of hydrogen-bond donors (Lipinski definition) is 2. The number of fused-ring (bicyclic) bond motifs is 1. The molecule has 2 aliphatic carbocycles. The predicted molar refractivity (Wildman–Crippen MR) is 102 cm³/mol. The quantitative estimate of drug-likeness (QED) is 0.756. The van der Waals surface area contributed by atoms with E-state index in [0.717, 1.165) is 27.8 Å². The van der Waals surface area contributed by atoms with E-state index in [1.807, 2.05) is 24.3 Å². The highest BCUT2D eigenvalue weighted by Gasteiger charge is 2.29. The van der Waals surface area contributed by atoms with Gasteiger partial charge in [-0.15, -0.1) is 0 Å². The molecule has 4 rings (SSSR count). The highest BCUT2D eigenvalue weighted by atomic mass is 16.3. The Morgan fingerprint density at radius 3 is 2.12 bits per heavy atom. The lowest BCUT2D eigenvalue weighted by Crippen LogP contribution is -2.05.